The highest BCUT2D eigenvalue weighted by atomic mass is 32.2. The Morgan fingerprint density at radius 1 is 0.459 bits per heavy atom. The zero-order valence-corrected chi connectivity index (χ0v) is 38.4. The summed E-state index contributed by atoms with van der Waals surface area (Å²) in [5.41, 5.74) is 27.3. The fraction of sp³-hybridized carbons (Fsp3) is 0.291. The van der Waals surface area contributed by atoms with Crippen molar-refractivity contribution in [3.8, 4) is 33.4 Å². The van der Waals surface area contributed by atoms with Crippen LogP contribution in [0.25, 0.3) is 79.8 Å². The number of aromatic amines is 2. The Morgan fingerprint density at radius 3 is 1.20 bits per heavy atom. The SMILES string of the molecule is CC(=O)SCCCCCCc1c2nc(c(-c3c(C)cc(C)cc3C)c3ccc([nH]3)c(-c3c(C)cc(C)cc3C)c3ccc([nH]3)c(-c3c(C)cc(C)cc3C)c3nc1C=C3)C=C2. The van der Waals surface area contributed by atoms with E-state index in [-0.39, 0.29) is 5.12 Å². The van der Waals surface area contributed by atoms with Crippen molar-refractivity contribution >= 4 is 63.2 Å². The highest BCUT2D eigenvalue weighted by molar-refractivity contribution is 8.13. The van der Waals surface area contributed by atoms with Crippen molar-refractivity contribution in [2.24, 2.45) is 0 Å². The van der Waals surface area contributed by atoms with Gasteiger partial charge >= 0.3 is 0 Å². The van der Waals surface area contributed by atoms with E-state index in [9.17, 15) is 4.79 Å². The van der Waals surface area contributed by atoms with Crippen LogP contribution in [0.4, 0.5) is 0 Å². The first kappa shape index (κ1) is 42.0. The molecule has 5 nitrogen and oxygen atoms in total. The Labute approximate surface area is 365 Å². The van der Waals surface area contributed by atoms with Gasteiger partial charge in [0.25, 0.3) is 0 Å². The van der Waals surface area contributed by atoms with E-state index in [2.05, 4.69) is 157 Å². The molecule has 0 atom stereocenters. The van der Waals surface area contributed by atoms with E-state index in [0.717, 1.165) is 105 Å². The summed E-state index contributed by atoms with van der Waals surface area (Å²) in [6.07, 6.45) is 13.9. The quantitative estimate of drug-likeness (QED) is 0.135. The standard InChI is InChI=1S/C55H58N4OS/c1-31-25-34(4)50(35(5)26-31)53-44-18-16-42(56-44)41(15-13-11-12-14-24-61-40(10)60)43-17-19-45(57-43)54(51-36(6)27-32(2)28-37(51)7)47-21-23-49(59-47)55(48-22-20-46(53)58-48)52-38(8)29-33(3)30-39(52)9/h16-23,25-30,58-59H,11-15,24H2,1-10H3. The fourth-order valence-corrected chi connectivity index (χ4v) is 10.6. The second kappa shape index (κ2) is 17.3. The van der Waals surface area contributed by atoms with Crippen LogP contribution in [0.2, 0.25) is 0 Å². The normalized spacial score (nSPS) is 12.2. The number of H-pyrrole nitrogens is 2. The molecule has 61 heavy (non-hydrogen) atoms. The lowest BCUT2D eigenvalue weighted by Crippen LogP contribution is -1.97. The summed E-state index contributed by atoms with van der Waals surface area (Å²) < 4.78 is 0. The van der Waals surface area contributed by atoms with Gasteiger partial charge in [0.05, 0.1) is 22.8 Å². The van der Waals surface area contributed by atoms with Crippen LogP contribution in [0.5, 0.6) is 0 Å². The van der Waals surface area contributed by atoms with E-state index in [0.29, 0.717) is 0 Å². The van der Waals surface area contributed by atoms with E-state index in [1.54, 1.807) is 6.92 Å². The van der Waals surface area contributed by atoms with Crippen LogP contribution in [0.3, 0.4) is 0 Å². The molecule has 2 aliphatic rings. The molecule has 5 heterocycles. The maximum Gasteiger partial charge on any atom is 0.185 e. The molecule has 3 aromatic heterocycles. The Kier molecular flexibility index (Phi) is 11.9. The lowest BCUT2D eigenvalue weighted by Gasteiger charge is -2.14. The van der Waals surface area contributed by atoms with Crippen LogP contribution in [0.15, 0.2) is 60.7 Å². The number of nitrogens with zero attached hydrogens (tertiary/aromatic N) is 2. The van der Waals surface area contributed by atoms with E-state index >= 15 is 0 Å². The van der Waals surface area contributed by atoms with Crippen molar-refractivity contribution in [2.45, 2.75) is 101 Å². The van der Waals surface area contributed by atoms with Gasteiger partial charge in [-0.2, -0.15) is 0 Å². The third-order valence-electron chi connectivity index (χ3n) is 12.3. The predicted molar refractivity (Wildman–Crippen MR) is 263 cm³/mol. The lowest BCUT2D eigenvalue weighted by atomic mass is 9.92. The van der Waals surface area contributed by atoms with Gasteiger partial charge in [-0.05, 0) is 180 Å². The van der Waals surface area contributed by atoms with Crippen LogP contribution >= 0.6 is 11.8 Å². The molecule has 0 saturated heterocycles. The average Bonchev–Trinajstić information content (AvgIpc) is 4.02. The minimum absolute atomic E-state index is 0.193. The highest BCUT2D eigenvalue weighted by Crippen LogP contribution is 2.41. The summed E-state index contributed by atoms with van der Waals surface area (Å²) in [7, 11) is 0. The molecule has 6 heteroatoms. The Bertz CT molecular complexity index is 2750. The number of hydrogen-bond donors (Lipinski definition) is 2. The van der Waals surface area contributed by atoms with Gasteiger partial charge in [0.15, 0.2) is 5.12 Å². The maximum absolute atomic E-state index is 11.5. The van der Waals surface area contributed by atoms with E-state index in [4.69, 9.17) is 9.97 Å². The zero-order chi connectivity index (χ0) is 43.1. The van der Waals surface area contributed by atoms with Crippen LogP contribution in [0, 0.1) is 62.3 Å². The Balaban J connectivity index is 1.49. The van der Waals surface area contributed by atoms with Crippen molar-refractivity contribution < 1.29 is 4.79 Å². The van der Waals surface area contributed by atoms with E-state index in [1.165, 1.54) is 78.5 Å². The van der Waals surface area contributed by atoms with Gasteiger partial charge in [-0.25, -0.2) is 9.97 Å². The summed E-state index contributed by atoms with van der Waals surface area (Å²) in [4.78, 5) is 30.6. The fourth-order valence-electron chi connectivity index (χ4n) is 10.0. The first-order valence-electron chi connectivity index (χ1n) is 21.8. The number of nitrogens with one attached hydrogen (secondary N) is 2. The summed E-state index contributed by atoms with van der Waals surface area (Å²) in [5.74, 6) is 0.880. The molecule has 0 fully saturated rings. The molecule has 0 spiro atoms. The van der Waals surface area contributed by atoms with Crippen molar-refractivity contribution in [3.05, 3.63) is 139 Å². The molecule has 8 bridgehead atoms. The molecule has 2 aliphatic heterocycles. The summed E-state index contributed by atoms with van der Waals surface area (Å²) in [5, 5.41) is 0.193. The summed E-state index contributed by atoms with van der Waals surface area (Å²) in [6.45, 7) is 21.5. The number of carbonyl (C=O) groups is 1. The van der Waals surface area contributed by atoms with Crippen molar-refractivity contribution in [1.82, 2.24) is 19.9 Å². The van der Waals surface area contributed by atoms with Gasteiger partial charge in [-0.15, -0.1) is 0 Å². The van der Waals surface area contributed by atoms with Crippen LogP contribution in [0.1, 0.15) is 111 Å². The Morgan fingerprint density at radius 2 is 0.803 bits per heavy atom. The van der Waals surface area contributed by atoms with Gasteiger partial charge in [0.2, 0.25) is 0 Å². The van der Waals surface area contributed by atoms with Crippen LogP contribution in [-0.2, 0) is 11.2 Å². The number of hydrogen-bond acceptors (Lipinski definition) is 4. The van der Waals surface area contributed by atoms with Gasteiger partial charge < -0.3 is 9.97 Å². The summed E-state index contributed by atoms with van der Waals surface area (Å²) in [6, 6.07) is 22.7. The molecule has 6 aromatic rings. The van der Waals surface area contributed by atoms with Crippen molar-refractivity contribution in [1.29, 1.82) is 0 Å². The number of fused-ring (bicyclic) bond motifs is 8. The third-order valence-corrected chi connectivity index (χ3v) is 13.2. The molecule has 0 unspecified atom stereocenters. The number of carbonyl (C=O) groups excluding carboxylic acids is 1. The minimum atomic E-state index is 0.193. The van der Waals surface area contributed by atoms with E-state index in [1.807, 2.05) is 0 Å². The molecule has 3 aromatic carbocycles. The van der Waals surface area contributed by atoms with Crippen LogP contribution in [-0.4, -0.2) is 30.8 Å². The number of unbranched alkanes of at least 4 members (excludes halogenated alkanes) is 3. The van der Waals surface area contributed by atoms with Crippen molar-refractivity contribution in [3.63, 3.8) is 0 Å². The first-order chi connectivity index (χ1) is 29.3. The smallest absolute Gasteiger partial charge is 0.185 e. The molecule has 0 aliphatic carbocycles. The minimum Gasteiger partial charge on any atom is -0.354 e. The van der Waals surface area contributed by atoms with Crippen LogP contribution < -0.4 is 0 Å². The van der Waals surface area contributed by atoms with E-state index < -0.39 is 0 Å². The second-order valence-electron chi connectivity index (χ2n) is 17.4. The lowest BCUT2D eigenvalue weighted by molar-refractivity contribution is -0.109. The third kappa shape index (κ3) is 8.48. The number of aryl methyl sites for hydroxylation is 9. The largest absolute Gasteiger partial charge is 0.354 e. The van der Waals surface area contributed by atoms with Crippen molar-refractivity contribution in [2.75, 3.05) is 5.75 Å². The second-order valence-corrected chi connectivity index (χ2v) is 18.7. The predicted octanol–water partition coefficient (Wildman–Crippen LogP) is 14.8. The van der Waals surface area contributed by atoms with Gasteiger partial charge in [-0.1, -0.05) is 77.7 Å². The number of rotatable bonds is 10. The molecule has 310 valence electrons. The Hall–Kier alpha value is -5.72. The molecule has 8 rings (SSSR count). The maximum atomic E-state index is 11.5. The average molecular weight is 823 g/mol. The highest BCUT2D eigenvalue weighted by Gasteiger charge is 2.22. The number of benzene rings is 3. The number of aromatic nitrogens is 4. The summed E-state index contributed by atoms with van der Waals surface area (Å²) >= 11 is 1.43. The first-order valence-corrected chi connectivity index (χ1v) is 22.8. The molecular weight excluding hydrogens is 765 g/mol. The zero-order valence-electron chi connectivity index (χ0n) is 37.5. The molecule has 0 saturated carbocycles. The topological polar surface area (TPSA) is 74.4 Å². The van der Waals surface area contributed by atoms with Gasteiger partial charge in [-0.3, -0.25) is 4.79 Å². The number of thioether (sulfide) groups is 1. The van der Waals surface area contributed by atoms with Gasteiger partial charge in [0, 0.05) is 57.0 Å². The molecule has 0 radical (unpaired) electrons. The van der Waals surface area contributed by atoms with Gasteiger partial charge in [0.1, 0.15) is 0 Å². The molecular formula is C55H58N4OS. The monoisotopic (exact) mass is 822 g/mol. The molecule has 2 N–H and O–H groups in total. The molecule has 0 amide bonds.